The molecule has 96 valence electrons. The van der Waals surface area contributed by atoms with E-state index >= 15 is 0 Å². The van der Waals surface area contributed by atoms with Gasteiger partial charge in [-0.1, -0.05) is 30.1 Å². The zero-order chi connectivity index (χ0) is 12.8. The van der Waals surface area contributed by atoms with Gasteiger partial charge in [0.25, 0.3) is 0 Å². The lowest BCUT2D eigenvalue weighted by Crippen LogP contribution is -2.26. The van der Waals surface area contributed by atoms with Crippen molar-refractivity contribution in [3.63, 3.8) is 0 Å². The molecule has 0 bridgehead atoms. The van der Waals surface area contributed by atoms with Crippen LogP contribution in [0.2, 0.25) is 10.0 Å². The highest BCUT2D eigenvalue weighted by atomic mass is 35.5. The molecule has 1 rings (SSSR count). The van der Waals surface area contributed by atoms with Gasteiger partial charge < -0.3 is 9.84 Å². The molecular formula is C12H17Cl2NO2. The summed E-state index contributed by atoms with van der Waals surface area (Å²) in [5.41, 5.74) is 0.938. The van der Waals surface area contributed by atoms with Gasteiger partial charge in [-0.25, -0.2) is 0 Å². The van der Waals surface area contributed by atoms with Crippen molar-refractivity contribution in [3.8, 4) is 5.75 Å². The van der Waals surface area contributed by atoms with Crippen molar-refractivity contribution >= 4 is 23.2 Å². The summed E-state index contributed by atoms with van der Waals surface area (Å²) in [6, 6.07) is 3.52. The SMILES string of the molecule is CCN(CCO)Cc1cc(Cl)c(OC)cc1Cl. The fourth-order valence-corrected chi connectivity index (χ4v) is 2.06. The summed E-state index contributed by atoms with van der Waals surface area (Å²) < 4.78 is 5.09. The highest BCUT2D eigenvalue weighted by Crippen LogP contribution is 2.31. The van der Waals surface area contributed by atoms with Crippen molar-refractivity contribution in [2.24, 2.45) is 0 Å². The maximum absolute atomic E-state index is 8.93. The van der Waals surface area contributed by atoms with Crippen molar-refractivity contribution in [1.29, 1.82) is 0 Å². The molecular weight excluding hydrogens is 261 g/mol. The van der Waals surface area contributed by atoms with Crippen LogP contribution in [0.1, 0.15) is 12.5 Å². The second-order valence-corrected chi connectivity index (χ2v) is 4.48. The molecule has 0 atom stereocenters. The molecule has 0 unspecified atom stereocenters. The molecule has 0 aliphatic carbocycles. The summed E-state index contributed by atoms with van der Waals surface area (Å²) in [7, 11) is 1.56. The molecule has 0 amide bonds. The first kappa shape index (κ1) is 14.6. The van der Waals surface area contributed by atoms with Crippen LogP contribution in [0.3, 0.4) is 0 Å². The van der Waals surface area contributed by atoms with Gasteiger partial charge in [0.1, 0.15) is 5.75 Å². The molecule has 0 fully saturated rings. The summed E-state index contributed by atoms with van der Waals surface area (Å²) in [4.78, 5) is 2.09. The maximum Gasteiger partial charge on any atom is 0.138 e. The number of aliphatic hydroxyl groups excluding tert-OH is 1. The fourth-order valence-electron chi connectivity index (χ4n) is 1.58. The van der Waals surface area contributed by atoms with Gasteiger partial charge in [-0.15, -0.1) is 0 Å². The molecule has 1 N–H and O–H groups in total. The highest BCUT2D eigenvalue weighted by Gasteiger charge is 2.10. The second-order valence-electron chi connectivity index (χ2n) is 3.67. The minimum Gasteiger partial charge on any atom is -0.495 e. The van der Waals surface area contributed by atoms with Gasteiger partial charge in [0.2, 0.25) is 0 Å². The van der Waals surface area contributed by atoms with Crippen molar-refractivity contribution in [1.82, 2.24) is 4.90 Å². The Hall–Kier alpha value is -0.480. The third kappa shape index (κ3) is 4.03. The van der Waals surface area contributed by atoms with Crippen molar-refractivity contribution in [3.05, 3.63) is 27.7 Å². The van der Waals surface area contributed by atoms with Crippen LogP contribution in [0.4, 0.5) is 0 Å². The maximum atomic E-state index is 8.93. The van der Waals surface area contributed by atoms with E-state index < -0.39 is 0 Å². The van der Waals surface area contributed by atoms with Gasteiger partial charge in [-0.3, -0.25) is 4.90 Å². The lowest BCUT2D eigenvalue weighted by Gasteiger charge is -2.20. The average Bonchev–Trinajstić information content (AvgIpc) is 2.32. The van der Waals surface area contributed by atoms with Crippen LogP contribution in [0.15, 0.2) is 12.1 Å². The molecule has 0 radical (unpaired) electrons. The normalized spacial score (nSPS) is 10.9. The van der Waals surface area contributed by atoms with Crippen LogP contribution in [0.5, 0.6) is 5.75 Å². The molecule has 0 saturated heterocycles. The number of aliphatic hydroxyl groups is 1. The van der Waals surface area contributed by atoms with E-state index in [-0.39, 0.29) is 6.61 Å². The van der Waals surface area contributed by atoms with Crippen LogP contribution in [-0.4, -0.2) is 36.8 Å². The lowest BCUT2D eigenvalue weighted by molar-refractivity contribution is 0.197. The van der Waals surface area contributed by atoms with Gasteiger partial charge >= 0.3 is 0 Å². The molecule has 0 aliphatic rings. The summed E-state index contributed by atoms with van der Waals surface area (Å²) in [6.07, 6.45) is 0. The Morgan fingerprint density at radius 1 is 1.29 bits per heavy atom. The largest absolute Gasteiger partial charge is 0.495 e. The molecule has 1 aromatic rings. The van der Waals surface area contributed by atoms with Gasteiger partial charge in [0.05, 0.1) is 18.7 Å². The zero-order valence-corrected chi connectivity index (χ0v) is 11.6. The topological polar surface area (TPSA) is 32.7 Å². The smallest absolute Gasteiger partial charge is 0.138 e. The second kappa shape index (κ2) is 7.07. The van der Waals surface area contributed by atoms with Crippen molar-refractivity contribution < 1.29 is 9.84 Å². The van der Waals surface area contributed by atoms with E-state index in [1.165, 1.54) is 0 Å². The highest BCUT2D eigenvalue weighted by molar-refractivity contribution is 6.34. The van der Waals surface area contributed by atoms with Crippen LogP contribution >= 0.6 is 23.2 Å². The number of ether oxygens (including phenoxy) is 1. The first-order valence-electron chi connectivity index (χ1n) is 5.47. The van der Waals surface area contributed by atoms with Crippen LogP contribution < -0.4 is 4.74 Å². The molecule has 0 heterocycles. The van der Waals surface area contributed by atoms with Crippen molar-refractivity contribution in [2.75, 3.05) is 26.8 Å². The number of hydrogen-bond donors (Lipinski definition) is 1. The van der Waals surface area contributed by atoms with E-state index in [1.54, 1.807) is 13.2 Å². The summed E-state index contributed by atoms with van der Waals surface area (Å²) in [6.45, 7) is 4.31. The van der Waals surface area contributed by atoms with E-state index in [9.17, 15) is 0 Å². The number of likely N-dealkylation sites (N-methyl/N-ethyl adjacent to an activating group) is 1. The van der Waals surface area contributed by atoms with Crippen LogP contribution in [0, 0.1) is 0 Å². The summed E-state index contributed by atoms with van der Waals surface area (Å²) >= 11 is 12.2. The zero-order valence-electron chi connectivity index (χ0n) is 10.0. The van der Waals surface area contributed by atoms with E-state index in [4.69, 9.17) is 33.0 Å². The number of methoxy groups -OCH3 is 1. The standard InChI is InChI=1S/C12H17Cl2NO2/c1-3-15(4-5-16)8-9-6-11(14)12(17-2)7-10(9)13/h6-7,16H,3-5,8H2,1-2H3. The van der Waals surface area contributed by atoms with E-state index in [1.807, 2.05) is 13.0 Å². The summed E-state index contributed by atoms with van der Waals surface area (Å²) in [5, 5.41) is 10.1. The van der Waals surface area contributed by atoms with E-state index in [0.717, 1.165) is 12.1 Å². The van der Waals surface area contributed by atoms with Gasteiger partial charge in [-0.05, 0) is 18.2 Å². The predicted molar refractivity (Wildman–Crippen MR) is 71.1 cm³/mol. The molecule has 3 nitrogen and oxygen atoms in total. The minimum absolute atomic E-state index is 0.134. The van der Waals surface area contributed by atoms with Crippen LogP contribution in [-0.2, 0) is 6.54 Å². The minimum atomic E-state index is 0.134. The van der Waals surface area contributed by atoms with E-state index in [0.29, 0.717) is 28.9 Å². The Morgan fingerprint density at radius 2 is 2.00 bits per heavy atom. The molecule has 0 saturated carbocycles. The van der Waals surface area contributed by atoms with Gasteiger partial charge in [0, 0.05) is 24.2 Å². The lowest BCUT2D eigenvalue weighted by atomic mass is 10.2. The van der Waals surface area contributed by atoms with Gasteiger partial charge in [-0.2, -0.15) is 0 Å². The Bertz CT molecular complexity index is 372. The third-order valence-electron chi connectivity index (χ3n) is 2.58. The molecule has 0 aliphatic heterocycles. The first-order valence-corrected chi connectivity index (χ1v) is 6.23. The predicted octanol–water partition coefficient (Wildman–Crippen LogP) is 2.82. The van der Waals surface area contributed by atoms with Gasteiger partial charge in [0.15, 0.2) is 0 Å². The molecule has 5 heteroatoms. The molecule has 1 aromatic carbocycles. The number of benzene rings is 1. The van der Waals surface area contributed by atoms with Crippen LogP contribution in [0.25, 0.3) is 0 Å². The molecule has 17 heavy (non-hydrogen) atoms. The summed E-state index contributed by atoms with van der Waals surface area (Å²) in [5.74, 6) is 0.575. The molecule has 0 spiro atoms. The van der Waals surface area contributed by atoms with Crippen molar-refractivity contribution in [2.45, 2.75) is 13.5 Å². The number of rotatable bonds is 6. The Morgan fingerprint density at radius 3 is 2.53 bits per heavy atom. The third-order valence-corrected chi connectivity index (χ3v) is 3.23. The Labute approximate surface area is 112 Å². The fraction of sp³-hybridized carbons (Fsp3) is 0.500. The number of nitrogens with zero attached hydrogens (tertiary/aromatic N) is 1. The molecule has 0 aromatic heterocycles. The first-order chi connectivity index (χ1) is 8.12. The Kier molecular flexibility index (Phi) is 6.06. The Balaban J connectivity index is 2.87. The number of hydrogen-bond acceptors (Lipinski definition) is 3. The average molecular weight is 278 g/mol. The monoisotopic (exact) mass is 277 g/mol. The number of halogens is 2. The van der Waals surface area contributed by atoms with E-state index in [2.05, 4.69) is 4.90 Å². The quantitative estimate of drug-likeness (QED) is 0.868.